The third-order valence-corrected chi connectivity index (χ3v) is 2.54. The third kappa shape index (κ3) is 1.85. The van der Waals surface area contributed by atoms with Crippen LogP contribution in [-0.4, -0.2) is 20.4 Å². The van der Waals surface area contributed by atoms with E-state index in [4.69, 9.17) is 5.73 Å². The first kappa shape index (κ1) is 9.26. The zero-order valence-electron chi connectivity index (χ0n) is 7.66. The topological polar surface area (TPSA) is 29.3 Å². The van der Waals surface area contributed by atoms with Gasteiger partial charge in [-0.3, -0.25) is 0 Å². The highest BCUT2D eigenvalue weighted by Crippen LogP contribution is 2.26. The lowest BCUT2D eigenvalue weighted by Gasteiger charge is -2.13. The second-order valence-corrected chi connectivity index (χ2v) is 3.67. The second-order valence-electron chi connectivity index (χ2n) is 2.82. The molecule has 0 fully saturated rings. The van der Waals surface area contributed by atoms with E-state index >= 15 is 0 Å². The number of anilines is 2. The Morgan fingerprint density at radius 3 is 2.42 bits per heavy atom. The number of benzene rings is 1. The molecule has 12 heavy (non-hydrogen) atoms. The highest BCUT2D eigenvalue weighted by atomic mass is 32.2. The third-order valence-electron chi connectivity index (χ3n) is 1.73. The average Bonchev–Trinajstić information content (AvgIpc) is 2.04. The van der Waals surface area contributed by atoms with Crippen LogP contribution in [0.5, 0.6) is 0 Å². The minimum atomic E-state index is 0.855. The average molecular weight is 182 g/mol. The standard InChI is InChI=1S/C9H14N2S/c1-11(2)7-4-5-9(12-3)8(10)6-7/h4-6H,10H2,1-3H3. The van der Waals surface area contributed by atoms with E-state index in [1.807, 2.05) is 31.3 Å². The van der Waals surface area contributed by atoms with Gasteiger partial charge >= 0.3 is 0 Å². The van der Waals surface area contributed by atoms with E-state index in [1.165, 1.54) is 0 Å². The maximum absolute atomic E-state index is 5.82. The zero-order chi connectivity index (χ0) is 9.14. The molecule has 3 heteroatoms. The van der Waals surface area contributed by atoms with E-state index in [0.717, 1.165) is 16.3 Å². The van der Waals surface area contributed by atoms with Crippen molar-refractivity contribution in [3.05, 3.63) is 18.2 Å². The van der Waals surface area contributed by atoms with Crippen LogP contribution in [0.2, 0.25) is 0 Å². The molecule has 0 saturated heterocycles. The quantitative estimate of drug-likeness (QED) is 0.560. The summed E-state index contributed by atoms with van der Waals surface area (Å²) in [5.41, 5.74) is 7.82. The molecule has 0 bridgehead atoms. The number of hydrogen-bond acceptors (Lipinski definition) is 3. The number of nitrogen functional groups attached to an aromatic ring is 1. The molecule has 66 valence electrons. The molecule has 0 saturated carbocycles. The Hall–Kier alpha value is -0.830. The van der Waals surface area contributed by atoms with Crippen LogP contribution in [0.25, 0.3) is 0 Å². The molecule has 1 aromatic carbocycles. The molecule has 0 aliphatic rings. The molecule has 0 aromatic heterocycles. The molecule has 1 rings (SSSR count). The van der Waals surface area contributed by atoms with Crippen LogP contribution < -0.4 is 10.6 Å². The van der Waals surface area contributed by atoms with Crippen LogP contribution in [0.15, 0.2) is 23.1 Å². The number of rotatable bonds is 2. The van der Waals surface area contributed by atoms with Crippen LogP contribution >= 0.6 is 11.8 Å². The summed E-state index contributed by atoms with van der Waals surface area (Å²) in [6.07, 6.45) is 2.03. The molecule has 2 nitrogen and oxygen atoms in total. The fraction of sp³-hybridized carbons (Fsp3) is 0.333. The molecule has 0 atom stereocenters. The van der Waals surface area contributed by atoms with Gasteiger partial charge in [-0.1, -0.05) is 0 Å². The summed E-state index contributed by atoms with van der Waals surface area (Å²) in [7, 11) is 4.01. The summed E-state index contributed by atoms with van der Waals surface area (Å²) in [6, 6.07) is 6.11. The molecule has 0 aliphatic heterocycles. The van der Waals surface area contributed by atoms with Crippen molar-refractivity contribution in [1.82, 2.24) is 0 Å². The Morgan fingerprint density at radius 2 is 2.00 bits per heavy atom. The molecule has 0 heterocycles. The van der Waals surface area contributed by atoms with Gasteiger partial charge in [0, 0.05) is 30.4 Å². The van der Waals surface area contributed by atoms with E-state index < -0.39 is 0 Å². The number of thioether (sulfide) groups is 1. The summed E-state index contributed by atoms with van der Waals surface area (Å²) in [5, 5.41) is 0. The smallest absolute Gasteiger partial charge is 0.0472 e. The van der Waals surface area contributed by atoms with Crippen LogP contribution in [0.3, 0.4) is 0 Å². The van der Waals surface area contributed by atoms with Crippen LogP contribution in [0, 0.1) is 0 Å². The van der Waals surface area contributed by atoms with Crippen molar-refractivity contribution >= 4 is 23.1 Å². The van der Waals surface area contributed by atoms with E-state index in [0.29, 0.717) is 0 Å². The predicted octanol–water partition coefficient (Wildman–Crippen LogP) is 2.06. The van der Waals surface area contributed by atoms with Crippen molar-refractivity contribution in [2.45, 2.75) is 4.90 Å². The Labute approximate surface area is 77.7 Å². The normalized spacial score (nSPS) is 9.92. The van der Waals surface area contributed by atoms with Gasteiger partial charge in [-0.15, -0.1) is 11.8 Å². The van der Waals surface area contributed by atoms with Crippen molar-refractivity contribution < 1.29 is 0 Å². The van der Waals surface area contributed by atoms with Crippen LogP contribution in [-0.2, 0) is 0 Å². The highest BCUT2D eigenvalue weighted by Gasteiger charge is 1.99. The van der Waals surface area contributed by atoms with Gasteiger partial charge in [-0.2, -0.15) is 0 Å². The first-order valence-corrected chi connectivity index (χ1v) is 4.98. The predicted molar refractivity (Wildman–Crippen MR) is 57.0 cm³/mol. The van der Waals surface area contributed by atoms with Gasteiger partial charge in [0.05, 0.1) is 0 Å². The van der Waals surface area contributed by atoms with Gasteiger partial charge in [0.1, 0.15) is 0 Å². The molecule has 0 spiro atoms. The lowest BCUT2D eigenvalue weighted by molar-refractivity contribution is 1.13. The van der Waals surface area contributed by atoms with Gasteiger partial charge in [0.15, 0.2) is 0 Å². The number of nitrogens with two attached hydrogens (primary N) is 1. The summed E-state index contributed by atoms with van der Waals surface area (Å²) in [6.45, 7) is 0. The Balaban J connectivity index is 3.02. The molecule has 0 amide bonds. The van der Waals surface area contributed by atoms with Gasteiger partial charge < -0.3 is 10.6 Å². The van der Waals surface area contributed by atoms with E-state index in [1.54, 1.807) is 11.8 Å². The van der Waals surface area contributed by atoms with E-state index in [9.17, 15) is 0 Å². The van der Waals surface area contributed by atoms with Gasteiger partial charge in [0.2, 0.25) is 0 Å². The Bertz CT molecular complexity index is 271. The van der Waals surface area contributed by atoms with Crippen LogP contribution in [0.4, 0.5) is 11.4 Å². The van der Waals surface area contributed by atoms with Crippen molar-refractivity contribution in [2.24, 2.45) is 0 Å². The molecular weight excluding hydrogens is 168 g/mol. The highest BCUT2D eigenvalue weighted by molar-refractivity contribution is 7.98. The van der Waals surface area contributed by atoms with Gasteiger partial charge in [-0.25, -0.2) is 0 Å². The SMILES string of the molecule is CSc1ccc(N(C)C)cc1N. The summed E-state index contributed by atoms with van der Waals surface area (Å²) < 4.78 is 0. The van der Waals surface area contributed by atoms with E-state index in [2.05, 4.69) is 12.1 Å². The molecule has 2 N–H and O–H groups in total. The molecule has 0 unspecified atom stereocenters. The fourth-order valence-corrected chi connectivity index (χ4v) is 1.50. The lowest BCUT2D eigenvalue weighted by atomic mass is 10.3. The van der Waals surface area contributed by atoms with Gasteiger partial charge in [-0.05, 0) is 24.5 Å². The minimum Gasteiger partial charge on any atom is -0.398 e. The zero-order valence-corrected chi connectivity index (χ0v) is 8.48. The maximum Gasteiger partial charge on any atom is 0.0472 e. The number of nitrogens with zero attached hydrogens (tertiary/aromatic N) is 1. The van der Waals surface area contributed by atoms with E-state index in [-0.39, 0.29) is 0 Å². The van der Waals surface area contributed by atoms with Crippen molar-refractivity contribution in [1.29, 1.82) is 0 Å². The molecular formula is C9H14N2S. The summed E-state index contributed by atoms with van der Waals surface area (Å²) >= 11 is 1.67. The minimum absolute atomic E-state index is 0.855. The monoisotopic (exact) mass is 182 g/mol. The first-order valence-electron chi connectivity index (χ1n) is 3.76. The lowest BCUT2D eigenvalue weighted by Crippen LogP contribution is -2.08. The Morgan fingerprint density at radius 1 is 1.33 bits per heavy atom. The summed E-state index contributed by atoms with van der Waals surface area (Å²) in [4.78, 5) is 3.18. The Kier molecular flexibility index (Phi) is 2.87. The largest absolute Gasteiger partial charge is 0.398 e. The van der Waals surface area contributed by atoms with Gasteiger partial charge in [0.25, 0.3) is 0 Å². The summed E-state index contributed by atoms with van der Waals surface area (Å²) in [5.74, 6) is 0. The maximum atomic E-state index is 5.82. The fourth-order valence-electron chi connectivity index (χ4n) is 1.000. The van der Waals surface area contributed by atoms with Crippen molar-refractivity contribution in [3.8, 4) is 0 Å². The second kappa shape index (κ2) is 3.72. The van der Waals surface area contributed by atoms with Crippen molar-refractivity contribution in [2.75, 3.05) is 31.0 Å². The first-order chi connectivity index (χ1) is 5.65. The molecule has 0 aliphatic carbocycles. The number of hydrogen-bond donors (Lipinski definition) is 1. The van der Waals surface area contributed by atoms with Crippen molar-refractivity contribution in [3.63, 3.8) is 0 Å². The molecule has 1 aromatic rings. The van der Waals surface area contributed by atoms with Crippen LogP contribution in [0.1, 0.15) is 0 Å². The molecule has 0 radical (unpaired) electrons.